The van der Waals surface area contributed by atoms with Crippen LogP contribution in [0.3, 0.4) is 0 Å². The van der Waals surface area contributed by atoms with E-state index in [-0.39, 0.29) is 5.91 Å². The molecule has 3 rings (SSSR count). The summed E-state index contributed by atoms with van der Waals surface area (Å²) >= 11 is 0. The lowest BCUT2D eigenvalue weighted by Crippen LogP contribution is -2.23. The van der Waals surface area contributed by atoms with Gasteiger partial charge in [0.25, 0.3) is 5.91 Å². The molecule has 0 fully saturated rings. The Kier molecular flexibility index (Phi) is 3.48. The molecule has 0 saturated heterocycles. The molecule has 1 amide bonds. The standard InChI is InChI=1S/C16H14N2O2/c19-16(18-20-11-12-4-2-1-3-5-12)14-6-7-15-13(10-14)8-9-17-15/h1-10,17H,11H2,(H,18,19). The number of H-pyrrole nitrogens is 1. The highest BCUT2D eigenvalue weighted by molar-refractivity contribution is 5.97. The quantitative estimate of drug-likeness (QED) is 0.713. The van der Waals surface area contributed by atoms with Gasteiger partial charge in [0.05, 0.1) is 6.61 Å². The molecule has 20 heavy (non-hydrogen) atoms. The van der Waals surface area contributed by atoms with Crippen LogP contribution in [0.25, 0.3) is 10.9 Å². The fourth-order valence-electron chi connectivity index (χ4n) is 2.01. The van der Waals surface area contributed by atoms with Crippen LogP contribution < -0.4 is 5.48 Å². The molecule has 0 aliphatic heterocycles. The van der Waals surface area contributed by atoms with Crippen molar-refractivity contribution in [2.45, 2.75) is 6.61 Å². The van der Waals surface area contributed by atoms with E-state index in [0.29, 0.717) is 12.2 Å². The van der Waals surface area contributed by atoms with Gasteiger partial charge in [-0.1, -0.05) is 30.3 Å². The van der Waals surface area contributed by atoms with Crippen molar-refractivity contribution < 1.29 is 9.63 Å². The van der Waals surface area contributed by atoms with Gasteiger partial charge in [0, 0.05) is 22.7 Å². The van der Waals surface area contributed by atoms with E-state index in [1.807, 2.05) is 54.7 Å². The fourth-order valence-corrected chi connectivity index (χ4v) is 2.01. The minimum absolute atomic E-state index is 0.246. The molecule has 1 aromatic heterocycles. The summed E-state index contributed by atoms with van der Waals surface area (Å²) in [6, 6.07) is 17.1. The molecular weight excluding hydrogens is 252 g/mol. The topological polar surface area (TPSA) is 54.1 Å². The van der Waals surface area contributed by atoms with E-state index < -0.39 is 0 Å². The molecule has 3 aromatic rings. The van der Waals surface area contributed by atoms with Crippen LogP contribution in [0, 0.1) is 0 Å². The molecule has 0 bridgehead atoms. The number of aromatic nitrogens is 1. The third kappa shape index (κ3) is 2.70. The van der Waals surface area contributed by atoms with E-state index in [0.717, 1.165) is 16.5 Å². The number of carbonyl (C=O) groups is 1. The molecule has 4 nitrogen and oxygen atoms in total. The molecule has 1 heterocycles. The van der Waals surface area contributed by atoms with Crippen molar-refractivity contribution in [3.05, 3.63) is 71.9 Å². The average molecular weight is 266 g/mol. The van der Waals surface area contributed by atoms with E-state index >= 15 is 0 Å². The van der Waals surface area contributed by atoms with Crippen LogP contribution in [0.2, 0.25) is 0 Å². The van der Waals surface area contributed by atoms with Crippen molar-refractivity contribution in [1.29, 1.82) is 0 Å². The van der Waals surface area contributed by atoms with Crippen LogP contribution in [0.15, 0.2) is 60.8 Å². The summed E-state index contributed by atoms with van der Waals surface area (Å²) in [6.45, 7) is 0.346. The number of carbonyl (C=O) groups excluding carboxylic acids is 1. The predicted molar refractivity (Wildman–Crippen MR) is 77.0 cm³/mol. The summed E-state index contributed by atoms with van der Waals surface area (Å²) in [5.74, 6) is -0.246. The minimum atomic E-state index is -0.246. The fraction of sp³-hybridized carbons (Fsp3) is 0.0625. The third-order valence-electron chi connectivity index (χ3n) is 3.06. The normalized spacial score (nSPS) is 10.6. The number of amides is 1. The van der Waals surface area contributed by atoms with Crippen molar-refractivity contribution in [2.24, 2.45) is 0 Å². The first-order valence-corrected chi connectivity index (χ1v) is 6.36. The number of nitrogens with one attached hydrogen (secondary N) is 2. The maximum Gasteiger partial charge on any atom is 0.274 e. The van der Waals surface area contributed by atoms with Crippen molar-refractivity contribution in [2.75, 3.05) is 0 Å². The Hall–Kier alpha value is -2.59. The van der Waals surface area contributed by atoms with Gasteiger partial charge in [-0.25, -0.2) is 5.48 Å². The summed E-state index contributed by atoms with van der Waals surface area (Å²) in [4.78, 5) is 20.3. The number of hydroxylamine groups is 1. The van der Waals surface area contributed by atoms with Gasteiger partial charge in [0.1, 0.15) is 0 Å². The van der Waals surface area contributed by atoms with E-state index in [2.05, 4.69) is 10.5 Å². The molecule has 2 aromatic carbocycles. The van der Waals surface area contributed by atoms with Gasteiger partial charge in [0.15, 0.2) is 0 Å². The molecular formula is C16H14N2O2. The number of hydrogen-bond donors (Lipinski definition) is 2. The van der Waals surface area contributed by atoms with Crippen LogP contribution in [0.5, 0.6) is 0 Å². The number of aromatic amines is 1. The highest BCUT2D eigenvalue weighted by Crippen LogP contribution is 2.14. The number of hydrogen-bond acceptors (Lipinski definition) is 2. The zero-order chi connectivity index (χ0) is 13.8. The van der Waals surface area contributed by atoms with Crippen LogP contribution >= 0.6 is 0 Å². The molecule has 0 radical (unpaired) electrons. The Morgan fingerprint density at radius 3 is 2.80 bits per heavy atom. The van der Waals surface area contributed by atoms with E-state index in [1.165, 1.54) is 0 Å². The highest BCUT2D eigenvalue weighted by atomic mass is 16.6. The minimum Gasteiger partial charge on any atom is -0.361 e. The maximum absolute atomic E-state index is 12.0. The molecule has 4 heteroatoms. The molecule has 0 aliphatic carbocycles. The van der Waals surface area contributed by atoms with Crippen molar-refractivity contribution in [3.8, 4) is 0 Å². The number of rotatable bonds is 4. The third-order valence-corrected chi connectivity index (χ3v) is 3.06. The highest BCUT2D eigenvalue weighted by Gasteiger charge is 2.06. The second-order valence-corrected chi connectivity index (χ2v) is 4.49. The Bertz CT molecular complexity index is 719. The van der Waals surface area contributed by atoms with E-state index in [9.17, 15) is 4.79 Å². The monoisotopic (exact) mass is 266 g/mol. The molecule has 0 aliphatic rings. The van der Waals surface area contributed by atoms with Crippen molar-refractivity contribution in [1.82, 2.24) is 10.5 Å². The summed E-state index contributed by atoms with van der Waals surface area (Å²) in [5.41, 5.74) is 5.04. The van der Waals surface area contributed by atoms with Crippen molar-refractivity contribution in [3.63, 3.8) is 0 Å². The van der Waals surface area contributed by atoms with Gasteiger partial charge in [-0.3, -0.25) is 9.63 Å². The summed E-state index contributed by atoms with van der Waals surface area (Å²) in [7, 11) is 0. The largest absolute Gasteiger partial charge is 0.361 e. The van der Waals surface area contributed by atoms with Crippen LogP contribution in [0.1, 0.15) is 15.9 Å². The molecule has 0 atom stereocenters. The summed E-state index contributed by atoms with van der Waals surface area (Å²) in [6.07, 6.45) is 1.85. The second kappa shape index (κ2) is 5.59. The zero-order valence-corrected chi connectivity index (χ0v) is 10.8. The van der Waals surface area contributed by atoms with Gasteiger partial charge in [0.2, 0.25) is 0 Å². The number of benzene rings is 2. The molecule has 2 N–H and O–H groups in total. The maximum atomic E-state index is 12.0. The molecule has 0 saturated carbocycles. The van der Waals surface area contributed by atoms with Gasteiger partial charge in [-0.2, -0.15) is 0 Å². The molecule has 0 spiro atoms. The lowest BCUT2D eigenvalue weighted by atomic mass is 10.1. The first kappa shape index (κ1) is 12.4. The lowest BCUT2D eigenvalue weighted by molar-refractivity contribution is 0.0233. The van der Waals surface area contributed by atoms with Gasteiger partial charge >= 0.3 is 0 Å². The lowest BCUT2D eigenvalue weighted by Gasteiger charge is -2.06. The smallest absolute Gasteiger partial charge is 0.274 e. The van der Waals surface area contributed by atoms with Gasteiger partial charge < -0.3 is 4.98 Å². The van der Waals surface area contributed by atoms with Gasteiger partial charge in [-0.15, -0.1) is 0 Å². The zero-order valence-electron chi connectivity index (χ0n) is 10.8. The first-order valence-electron chi connectivity index (χ1n) is 6.36. The Morgan fingerprint density at radius 1 is 1.10 bits per heavy atom. The predicted octanol–water partition coefficient (Wildman–Crippen LogP) is 3.03. The molecule has 0 unspecified atom stereocenters. The van der Waals surface area contributed by atoms with Crippen LogP contribution in [0.4, 0.5) is 0 Å². The molecule has 100 valence electrons. The van der Waals surface area contributed by atoms with E-state index in [4.69, 9.17) is 4.84 Å². The van der Waals surface area contributed by atoms with Crippen LogP contribution in [-0.4, -0.2) is 10.9 Å². The Morgan fingerprint density at radius 2 is 1.95 bits per heavy atom. The summed E-state index contributed by atoms with van der Waals surface area (Å²) < 4.78 is 0. The number of fused-ring (bicyclic) bond motifs is 1. The Labute approximate surface area is 116 Å². The van der Waals surface area contributed by atoms with Crippen molar-refractivity contribution >= 4 is 16.8 Å². The summed E-state index contributed by atoms with van der Waals surface area (Å²) in [5, 5.41) is 1.00. The van der Waals surface area contributed by atoms with Crippen LogP contribution in [-0.2, 0) is 11.4 Å². The SMILES string of the molecule is O=C(NOCc1ccccc1)c1ccc2[nH]ccc2c1. The first-order chi connectivity index (χ1) is 9.83. The van der Waals surface area contributed by atoms with E-state index in [1.54, 1.807) is 6.07 Å². The van der Waals surface area contributed by atoms with Gasteiger partial charge in [-0.05, 0) is 29.8 Å². The average Bonchev–Trinajstić information content (AvgIpc) is 2.95. The Balaban J connectivity index is 1.61. The second-order valence-electron chi connectivity index (χ2n) is 4.49.